The van der Waals surface area contributed by atoms with Crippen molar-refractivity contribution in [3.05, 3.63) is 48.4 Å². The van der Waals surface area contributed by atoms with E-state index in [0.717, 1.165) is 29.7 Å². The van der Waals surface area contributed by atoms with E-state index in [-0.39, 0.29) is 18.5 Å². The van der Waals surface area contributed by atoms with Gasteiger partial charge in [0.05, 0.1) is 47.0 Å². The van der Waals surface area contributed by atoms with E-state index in [9.17, 15) is 19.6 Å². The number of halogens is 1. The molecule has 0 saturated heterocycles. The van der Waals surface area contributed by atoms with Gasteiger partial charge < -0.3 is 20.8 Å². The fourth-order valence-electron chi connectivity index (χ4n) is 4.54. The molecule has 5 rings (SSSR count). The number of fused-ring (bicyclic) bond motifs is 1. The Morgan fingerprint density at radius 2 is 2.08 bits per heavy atom. The van der Waals surface area contributed by atoms with Crippen LogP contribution in [0.15, 0.2) is 42.9 Å². The normalized spacial score (nSPS) is 17.8. The predicted octanol–water partition coefficient (Wildman–Crippen LogP) is 3.09. The fraction of sp³-hybridized carbons (Fsp3) is 0.385. The molecule has 1 amide bonds. The van der Waals surface area contributed by atoms with Gasteiger partial charge in [-0.3, -0.25) is 4.98 Å². The molecule has 13 heteroatoms. The highest BCUT2D eigenvalue weighted by Gasteiger charge is 2.31. The molecule has 0 spiro atoms. The highest BCUT2D eigenvalue weighted by Crippen LogP contribution is 2.35. The van der Waals surface area contributed by atoms with Crippen LogP contribution in [-0.2, 0) is 6.54 Å². The maximum absolute atomic E-state index is 14.4. The Labute approximate surface area is 223 Å². The molecule has 1 atom stereocenters. The van der Waals surface area contributed by atoms with Gasteiger partial charge in [-0.2, -0.15) is 10.4 Å². The van der Waals surface area contributed by atoms with Gasteiger partial charge >= 0.3 is 6.09 Å². The number of hydrogen-bond acceptors (Lipinski definition) is 8. The van der Waals surface area contributed by atoms with Crippen LogP contribution in [0.25, 0.3) is 28.2 Å². The number of alkyl halides is 1. The van der Waals surface area contributed by atoms with Gasteiger partial charge in [-0.15, -0.1) is 5.10 Å². The predicted molar refractivity (Wildman–Crippen MR) is 140 cm³/mol. The Hall–Kier alpha value is -4.57. The minimum Gasteiger partial charge on any atom is -0.465 e. The van der Waals surface area contributed by atoms with Crippen LogP contribution >= 0.6 is 0 Å². The van der Waals surface area contributed by atoms with Gasteiger partial charge in [-0.05, 0) is 56.9 Å². The van der Waals surface area contributed by atoms with Crippen molar-refractivity contribution in [3.8, 4) is 28.7 Å². The van der Waals surface area contributed by atoms with Crippen LogP contribution in [0, 0.1) is 17.2 Å². The van der Waals surface area contributed by atoms with E-state index in [1.54, 1.807) is 23.0 Å². The number of amides is 1. The first-order valence-corrected chi connectivity index (χ1v) is 12.5. The summed E-state index contributed by atoms with van der Waals surface area (Å²) in [5.74, 6) is 0.237. The molecule has 202 valence electrons. The third-order valence-electron chi connectivity index (χ3n) is 6.86. The standard InChI is InChI=1S/C26H28FN9O3/c1-26(2,39)24(27)14-35-13-22(33-34-35)19-12-29-21(23-4-3-18-7-16(9-28)11-31-36(18)23)8-20(19)32-17-5-15(6-17)10-30-25(37)38/h3-4,7-8,11-13,15,17,24,30,39H,5-6,10,14H2,1-2H3,(H,29,32)(H,37,38)/t15?,17?,24-/m1/s1. The van der Waals surface area contributed by atoms with Crippen LogP contribution in [0.4, 0.5) is 14.9 Å². The second kappa shape index (κ2) is 10.3. The van der Waals surface area contributed by atoms with Crippen LogP contribution in [0.2, 0.25) is 0 Å². The van der Waals surface area contributed by atoms with E-state index in [0.29, 0.717) is 29.1 Å². The Balaban J connectivity index is 1.44. The number of rotatable bonds is 9. The van der Waals surface area contributed by atoms with Crippen LogP contribution in [0.1, 0.15) is 32.3 Å². The number of nitriles is 1. The summed E-state index contributed by atoms with van der Waals surface area (Å²) in [5.41, 5.74) is 2.96. The summed E-state index contributed by atoms with van der Waals surface area (Å²) in [6, 6.07) is 9.56. The Morgan fingerprint density at radius 3 is 2.79 bits per heavy atom. The van der Waals surface area contributed by atoms with Crippen LogP contribution in [-0.4, -0.2) is 70.3 Å². The minimum absolute atomic E-state index is 0.112. The lowest BCUT2D eigenvalue weighted by Crippen LogP contribution is -2.41. The molecular weight excluding hydrogens is 505 g/mol. The first kappa shape index (κ1) is 26.1. The fourth-order valence-corrected chi connectivity index (χ4v) is 4.54. The molecule has 1 saturated carbocycles. The molecule has 0 aliphatic heterocycles. The van der Waals surface area contributed by atoms with Gasteiger partial charge in [-0.1, -0.05) is 5.21 Å². The van der Waals surface area contributed by atoms with Crippen molar-refractivity contribution >= 4 is 17.3 Å². The third kappa shape index (κ3) is 5.65. The molecule has 4 aromatic heterocycles. The Morgan fingerprint density at radius 1 is 1.28 bits per heavy atom. The summed E-state index contributed by atoms with van der Waals surface area (Å²) < 4.78 is 17.5. The van der Waals surface area contributed by atoms with Crippen molar-refractivity contribution in [3.63, 3.8) is 0 Å². The number of carbonyl (C=O) groups is 1. The topological polar surface area (TPSA) is 166 Å². The quantitative estimate of drug-likeness (QED) is 0.253. The number of aliphatic hydroxyl groups is 1. The summed E-state index contributed by atoms with van der Waals surface area (Å²) >= 11 is 0. The third-order valence-corrected chi connectivity index (χ3v) is 6.86. The first-order valence-electron chi connectivity index (χ1n) is 12.5. The Kier molecular flexibility index (Phi) is 6.88. The molecule has 0 unspecified atom stereocenters. The lowest BCUT2D eigenvalue weighted by molar-refractivity contribution is -0.0120. The molecule has 1 fully saturated rings. The van der Waals surface area contributed by atoms with Crippen molar-refractivity contribution in [1.82, 2.24) is 34.9 Å². The zero-order valence-corrected chi connectivity index (χ0v) is 21.4. The van der Waals surface area contributed by atoms with Crippen molar-refractivity contribution in [2.45, 2.75) is 51.0 Å². The summed E-state index contributed by atoms with van der Waals surface area (Å²) in [7, 11) is 0. The molecule has 39 heavy (non-hydrogen) atoms. The minimum atomic E-state index is -1.53. The van der Waals surface area contributed by atoms with Gasteiger partial charge in [0.1, 0.15) is 17.9 Å². The zero-order valence-electron chi connectivity index (χ0n) is 21.4. The Bertz CT molecular complexity index is 1550. The highest BCUT2D eigenvalue weighted by atomic mass is 19.1. The molecule has 1 aliphatic carbocycles. The highest BCUT2D eigenvalue weighted by molar-refractivity contribution is 5.79. The lowest BCUT2D eigenvalue weighted by Gasteiger charge is -2.36. The number of nitrogens with zero attached hydrogens (tertiary/aromatic N) is 7. The van der Waals surface area contributed by atoms with E-state index < -0.39 is 17.9 Å². The second-order valence-corrected chi connectivity index (χ2v) is 10.3. The lowest BCUT2D eigenvalue weighted by atomic mass is 9.80. The SMILES string of the molecule is CC(C)(O)[C@H](F)Cn1cc(-c2cnc(-c3ccc4cc(C#N)cnn34)cc2NC2CC(CNC(=O)O)C2)nn1. The average Bonchev–Trinajstić information content (AvgIpc) is 3.51. The first-order chi connectivity index (χ1) is 18.6. The van der Waals surface area contributed by atoms with E-state index in [2.05, 4.69) is 37.1 Å². The number of hydrogen-bond donors (Lipinski definition) is 4. The molecule has 4 heterocycles. The van der Waals surface area contributed by atoms with Gasteiger partial charge in [0.25, 0.3) is 0 Å². The smallest absolute Gasteiger partial charge is 0.404 e. The van der Waals surface area contributed by atoms with Crippen molar-refractivity contribution in [2.24, 2.45) is 5.92 Å². The van der Waals surface area contributed by atoms with Gasteiger partial charge in [0, 0.05) is 30.0 Å². The molecule has 0 bridgehead atoms. The molecule has 0 radical (unpaired) electrons. The van der Waals surface area contributed by atoms with Gasteiger partial charge in [-0.25, -0.2) is 18.4 Å². The molecule has 12 nitrogen and oxygen atoms in total. The number of anilines is 1. The largest absolute Gasteiger partial charge is 0.465 e. The van der Waals surface area contributed by atoms with Crippen molar-refractivity contribution in [1.29, 1.82) is 5.26 Å². The number of carboxylic acid groups (broad SMARTS) is 1. The molecule has 0 aromatic carbocycles. The van der Waals surface area contributed by atoms with E-state index >= 15 is 0 Å². The van der Waals surface area contributed by atoms with E-state index in [4.69, 9.17) is 5.11 Å². The second-order valence-electron chi connectivity index (χ2n) is 10.3. The molecule has 4 N–H and O–H groups in total. The van der Waals surface area contributed by atoms with Crippen molar-refractivity contribution in [2.75, 3.05) is 11.9 Å². The van der Waals surface area contributed by atoms with Crippen LogP contribution in [0.5, 0.6) is 0 Å². The van der Waals surface area contributed by atoms with Gasteiger partial charge in [0.2, 0.25) is 0 Å². The maximum Gasteiger partial charge on any atom is 0.404 e. The van der Waals surface area contributed by atoms with E-state index in [1.807, 2.05) is 18.2 Å². The van der Waals surface area contributed by atoms with Gasteiger partial charge in [0.15, 0.2) is 0 Å². The van der Waals surface area contributed by atoms with Crippen LogP contribution < -0.4 is 10.6 Å². The number of nitrogens with one attached hydrogen (secondary N) is 2. The maximum atomic E-state index is 14.4. The van der Waals surface area contributed by atoms with Crippen molar-refractivity contribution < 1.29 is 19.4 Å². The zero-order chi connectivity index (χ0) is 27.7. The monoisotopic (exact) mass is 533 g/mol. The molecular formula is C26H28FN9O3. The average molecular weight is 534 g/mol. The number of aromatic nitrogens is 6. The summed E-state index contributed by atoms with van der Waals surface area (Å²) in [4.78, 5) is 15.5. The molecule has 1 aliphatic rings. The summed E-state index contributed by atoms with van der Waals surface area (Å²) in [6.45, 7) is 3.05. The van der Waals surface area contributed by atoms with Crippen LogP contribution in [0.3, 0.4) is 0 Å². The van der Waals surface area contributed by atoms with E-state index in [1.165, 1.54) is 24.7 Å². The summed E-state index contributed by atoms with van der Waals surface area (Å²) in [5, 5.41) is 46.6. The molecule has 4 aromatic rings. The number of pyridine rings is 1. The summed E-state index contributed by atoms with van der Waals surface area (Å²) in [6.07, 6.45) is 3.77.